The summed E-state index contributed by atoms with van der Waals surface area (Å²) in [6, 6.07) is 8.24. The quantitative estimate of drug-likeness (QED) is 0.809. The molecule has 0 amide bonds. The molecule has 0 fully saturated rings. The second-order valence-corrected chi connectivity index (χ2v) is 6.27. The lowest BCUT2D eigenvalue weighted by molar-refractivity contribution is -0.136. The average Bonchev–Trinajstić information content (AvgIpc) is 2.27. The lowest BCUT2D eigenvalue weighted by atomic mass is 10.2. The first-order chi connectivity index (χ1) is 8.74. The lowest BCUT2D eigenvalue weighted by Gasteiger charge is -2.23. The molecular formula is C12H16F3NO2S. The molecule has 0 heterocycles. The van der Waals surface area contributed by atoms with Crippen molar-refractivity contribution >= 4 is 10.0 Å². The van der Waals surface area contributed by atoms with Gasteiger partial charge in [-0.15, -0.1) is 0 Å². The van der Waals surface area contributed by atoms with Gasteiger partial charge in [0.05, 0.1) is 5.75 Å². The fourth-order valence-corrected chi connectivity index (χ4v) is 3.09. The third kappa shape index (κ3) is 5.61. The van der Waals surface area contributed by atoms with Gasteiger partial charge in [-0.25, -0.2) is 8.42 Å². The average molecular weight is 295 g/mol. The van der Waals surface area contributed by atoms with Crippen LogP contribution < -0.4 is 0 Å². The highest BCUT2D eigenvalue weighted by Crippen LogP contribution is 2.21. The van der Waals surface area contributed by atoms with E-state index in [1.807, 2.05) is 0 Å². The molecule has 1 aromatic rings. The van der Waals surface area contributed by atoms with E-state index in [2.05, 4.69) is 0 Å². The lowest BCUT2D eigenvalue weighted by Crippen LogP contribution is -2.39. The van der Waals surface area contributed by atoms with Crippen molar-refractivity contribution in [2.45, 2.75) is 26.1 Å². The van der Waals surface area contributed by atoms with Crippen LogP contribution >= 0.6 is 0 Å². The van der Waals surface area contributed by atoms with E-state index in [4.69, 9.17) is 0 Å². The Hall–Kier alpha value is -1.08. The van der Waals surface area contributed by atoms with Gasteiger partial charge in [0, 0.05) is 6.54 Å². The highest BCUT2D eigenvalue weighted by Gasteiger charge is 2.35. The van der Waals surface area contributed by atoms with E-state index < -0.39 is 22.7 Å². The predicted octanol–water partition coefficient (Wildman–Crippen LogP) is 2.79. The van der Waals surface area contributed by atoms with E-state index >= 15 is 0 Å². The molecule has 1 rings (SSSR count). The van der Waals surface area contributed by atoms with Gasteiger partial charge in [-0.3, -0.25) is 0 Å². The van der Waals surface area contributed by atoms with E-state index in [1.54, 1.807) is 37.3 Å². The number of sulfonamides is 1. The zero-order chi connectivity index (χ0) is 14.5. The standard InChI is InChI=1S/C12H16F3NO2S/c1-2-8-19(17,18)16(10-12(13,14)15)9-11-6-4-3-5-7-11/h3-7H,2,8-10H2,1H3. The van der Waals surface area contributed by atoms with Crippen LogP contribution in [0.15, 0.2) is 30.3 Å². The second kappa shape index (κ2) is 6.38. The molecule has 19 heavy (non-hydrogen) atoms. The van der Waals surface area contributed by atoms with Crippen molar-refractivity contribution in [3.63, 3.8) is 0 Å². The molecule has 0 unspecified atom stereocenters. The van der Waals surface area contributed by atoms with Crippen LogP contribution in [-0.4, -0.2) is 31.2 Å². The third-order valence-electron chi connectivity index (χ3n) is 2.41. The van der Waals surface area contributed by atoms with Crippen molar-refractivity contribution < 1.29 is 21.6 Å². The number of hydrogen-bond donors (Lipinski definition) is 0. The summed E-state index contributed by atoms with van der Waals surface area (Å²) in [5.41, 5.74) is 0.534. The molecule has 0 aliphatic rings. The van der Waals surface area contributed by atoms with Gasteiger partial charge < -0.3 is 0 Å². The summed E-state index contributed by atoms with van der Waals surface area (Å²) >= 11 is 0. The predicted molar refractivity (Wildman–Crippen MR) is 67.0 cm³/mol. The van der Waals surface area contributed by atoms with Crippen LogP contribution in [0.5, 0.6) is 0 Å². The minimum absolute atomic E-state index is 0.261. The molecule has 0 bridgehead atoms. The molecule has 0 aliphatic heterocycles. The smallest absolute Gasteiger partial charge is 0.212 e. The van der Waals surface area contributed by atoms with Crippen LogP contribution in [0.4, 0.5) is 13.2 Å². The number of alkyl halides is 3. The largest absolute Gasteiger partial charge is 0.402 e. The molecule has 0 saturated carbocycles. The molecule has 0 radical (unpaired) electrons. The van der Waals surface area contributed by atoms with E-state index in [9.17, 15) is 21.6 Å². The van der Waals surface area contributed by atoms with Gasteiger partial charge >= 0.3 is 6.18 Å². The van der Waals surface area contributed by atoms with Gasteiger partial charge in [-0.05, 0) is 12.0 Å². The summed E-state index contributed by atoms with van der Waals surface area (Å²) in [5, 5.41) is 0. The number of nitrogens with zero attached hydrogens (tertiary/aromatic N) is 1. The Bertz CT molecular complexity index is 485. The first-order valence-electron chi connectivity index (χ1n) is 5.83. The maximum absolute atomic E-state index is 12.5. The summed E-state index contributed by atoms with van der Waals surface area (Å²) in [7, 11) is -3.89. The fraction of sp³-hybridized carbons (Fsp3) is 0.500. The molecule has 3 nitrogen and oxygen atoms in total. The zero-order valence-electron chi connectivity index (χ0n) is 10.5. The van der Waals surface area contributed by atoms with Gasteiger partial charge in [0.1, 0.15) is 6.54 Å². The Labute approximate surface area is 111 Å². The van der Waals surface area contributed by atoms with Crippen LogP contribution in [0.3, 0.4) is 0 Å². The Kier molecular flexibility index (Phi) is 5.37. The second-order valence-electron chi connectivity index (χ2n) is 4.18. The number of halogens is 3. The van der Waals surface area contributed by atoms with Crippen molar-refractivity contribution in [1.82, 2.24) is 4.31 Å². The van der Waals surface area contributed by atoms with Crippen LogP contribution in [-0.2, 0) is 16.6 Å². The van der Waals surface area contributed by atoms with Gasteiger partial charge in [0.15, 0.2) is 0 Å². The fourth-order valence-electron chi connectivity index (χ4n) is 1.63. The Morgan fingerprint density at radius 3 is 2.21 bits per heavy atom. The summed E-state index contributed by atoms with van der Waals surface area (Å²) in [5.74, 6) is -0.282. The Morgan fingerprint density at radius 1 is 1.16 bits per heavy atom. The highest BCUT2D eigenvalue weighted by molar-refractivity contribution is 7.89. The number of rotatable bonds is 6. The van der Waals surface area contributed by atoms with Crippen LogP contribution in [0.1, 0.15) is 18.9 Å². The van der Waals surface area contributed by atoms with E-state index in [-0.39, 0.29) is 18.7 Å². The van der Waals surface area contributed by atoms with Gasteiger partial charge in [-0.2, -0.15) is 17.5 Å². The van der Waals surface area contributed by atoms with Crippen molar-refractivity contribution in [2.75, 3.05) is 12.3 Å². The van der Waals surface area contributed by atoms with Crippen LogP contribution in [0, 0.1) is 0 Å². The summed E-state index contributed by atoms with van der Waals surface area (Å²) in [6.45, 7) is -0.0985. The molecule has 0 spiro atoms. The van der Waals surface area contributed by atoms with E-state index in [0.29, 0.717) is 9.87 Å². The van der Waals surface area contributed by atoms with Gasteiger partial charge in [-0.1, -0.05) is 37.3 Å². The van der Waals surface area contributed by atoms with E-state index in [0.717, 1.165) is 0 Å². The van der Waals surface area contributed by atoms with Crippen molar-refractivity contribution in [3.8, 4) is 0 Å². The molecule has 0 N–H and O–H groups in total. The normalized spacial score (nSPS) is 12.9. The number of benzene rings is 1. The molecule has 7 heteroatoms. The molecular weight excluding hydrogens is 279 g/mol. The zero-order valence-corrected chi connectivity index (χ0v) is 11.3. The topological polar surface area (TPSA) is 37.4 Å². The van der Waals surface area contributed by atoms with Gasteiger partial charge in [0.2, 0.25) is 10.0 Å². The number of hydrogen-bond acceptors (Lipinski definition) is 2. The van der Waals surface area contributed by atoms with Crippen molar-refractivity contribution in [1.29, 1.82) is 0 Å². The first-order valence-corrected chi connectivity index (χ1v) is 7.44. The maximum atomic E-state index is 12.5. The molecule has 0 atom stereocenters. The SMILES string of the molecule is CCCS(=O)(=O)N(Cc1ccccc1)CC(F)(F)F. The van der Waals surface area contributed by atoms with Crippen LogP contribution in [0.25, 0.3) is 0 Å². The molecule has 0 saturated heterocycles. The molecule has 0 aromatic heterocycles. The highest BCUT2D eigenvalue weighted by atomic mass is 32.2. The summed E-state index contributed by atoms with van der Waals surface area (Å²) < 4.78 is 61.6. The Balaban J connectivity index is 2.93. The molecule has 108 valence electrons. The minimum atomic E-state index is -4.55. The Morgan fingerprint density at radius 2 is 1.74 bits per heavy atom. The first kappa shape index (κ1) is 16.0. The minimum Gasteiger partial charge on any atom is -0.212 e. The van der Waals surface area contributed by atoms with Gasteiger partial charge in [0.25, 0.3) is 0 Å². The van der Waals surface area contributed by atoms with E-state index in [1.165, 1.54) is 0 Å². The monoisotopic (exact) mass is 295 g/mol. The van der Waals surface area contributed by atoms with Crippen molar-refractivity contribution in [2.24, 2.45) is 0 Å². The molecule has 1 aromatic carbocycles. The van der Waals surface area contributed by atoms with Crippen LogP contribution in [0.2, 0.25) is 0 Å². The maximum Gasteiger partial charge on any atom is 0.402 e. The summed E-state index contributed by atoms with van der Waals surface area (Å²) in [4.78, 5) is 0. The van der Waals surface area contributed by atoms with Crippen molar-refractivity contribution in [3.05, 3.63) is 35.9 Å². The summed E-state index contributed by atoms with van der Waals surface area (Å²) in [6.07, 6.45) is -4.26. The molecule has 0 aliphatic carbocycles. The third-order valence-corrected chi connectivity index (χ3v) is 4.38.